The Morgan fingerprint density at radius 2 is 1.71 bits per heavy atom. The molecule has 2 aromatic rings. The average molecular weight is 419 g/mol. The van der Waals surface area contributed by atoms with E-state index in [2.05, 4.69) is 25.6 Å². The lowest BCUT2D eigenvalue weighted by Crippen LogP contribution is -2.35. The van der Waals surface area contributed by atoms with E-state index in [-0.39, 0.29) is 33.9 Å². The van der Waals surface area contributed by atoms with Crippen molar-refractivity contribution in [2.45, 2.75) is 39.0 Å². The third-order valence-corrected chi connectivity index (χ3v) is 4.33. The first-order chi connectivity index (χ1) is 13.0. The van der Waals surface area contributed by atoms with E-state index in [1.165, 1.54) is 14.2 Å². The van der Waals surface area contributed by atoms with Crippen LogP contribution in [0, 0.1) is 0 Å². The number of alkyl halides is 3. The number of carbonyl (C=O) groups excluding carboxylic acids is 1. The van der Waals surface area contributed by atoms with Crippen LogP contribution in [0.4, 0.5) is 18.3 Å². The Morgan fingerprint density at radius 3 is 2.18 bits per heavy atom. The third kappa shape index (κ3) is 5.29. The minimum Gasteiger partial charge on any atom is -0.480 e. The summed E-state index contributed by atoms with van der Waals surface area (Å²) in [6.45, 7) is 5.45. The Labute approximate surface area is 163 Å². The molecule has 0 aromatic carbocycles. The lowest BCUT2D eigenvalue weighted by molar-refractivity contribution is -0.141. The number of rotatable bonds is 6. The van der Waals surface area contributed by atoms with Gasteiger partial charge in [-0.1, -0.05) is 11.3 Å². The number of methoxy groups -OCH3 is 2. The van der Waals surface area contributed by atoms with Gasteiger partial charge in [-0.25, -0.2) is 15.0 Å². The van der Waals surface area contributed by atoms with E-state index in [4.69, 9.17) is 9.47 Å². The van der Waals surface area contributed by atoms with Crippen molar-refractivity contribution in [1.29, 1.82) is 0 Å². The molecule has 0 saturated heterocycles. The number of hydrogen-bond acceptors (Lipinski definition) is 8. The first-order valence-electron chi connectivity index (χ1n) is 8.02. The molecule has 0 aliphatic rings. The molecule has 8 nitrogen and oxygen atoms in total. The van der Waals surface area contributed by atoms with Crippen LogP contribution in [0.1, 0.15) is 41.7 Å². The smallest absolute Gasteiger partial charge is 0.434 e. The van der Waals surface area contributed by atoms with E-state index in [0.717, 1.165) is 17.7 Å². The van der Waals surface area contributed by atoms with Crippen molar-refractivity contribution in [3.05, 3.63) is 22.5 Å². The quantitative estimate of drug-likeness (QED) is 0.742. The molecule has 0 bridgehead atoms. The molecule has 0 atom stereocenters. The van der Waals surface area contributed by atoms with Gasteiger partial charge >= 0.3 is 6.18 Å². The van der Waals surface area contributed by atoms with Crippen LogP contribution in [0.3, 0.4) is 0 Å². The minimum atomic E-state index is -4.65. The Kier molecular flexibility index (Phi) is 6.44. The molecule has 154 valence electrons. The first kappa shape index (κ1) is 21.8. The molecule has 0 aliphatic heterocycles. The van der Waals surface area contributed by atoms with Crippen molar-refractivity contribution in [1.82, 2.24) is 20.3 Å². The summed E-state index contributed by atoms with van der Waals surface area (Å²) in [6, 6.07) is 0. The van der Waals surface area contributed by atoms with E-state index < -0.39 is 23.3 Å². The van der Waals surface area contributed by atoms with Gasteiger partial charge in [-0.3, -0.25) is 10.1 Å². The Morgan fingerprint density at radius 1 is 1.14 bits per heavy atom. The van der Waals surface area contributed by atoms with Crippen LogP contribution in [0.2, 0.25) is 0 Å². The van der Waals surface area contributed by atoms with Gasteiger partial charge in [-0.05, 0) is 20.8 Å². The van der Waals surface area contributed by atoms with Crippen molar-refractivity contribution >= 4 is 22.4 Å². The zero-order valence-corrected chi connectivity index (χ0v) is 16.7. The van der Waals surface area contributed by atoms with Crippen LogP contribution < -0.4 is 20.1 Å². The number of amides is 1. The number of anilines is 1. The van der Waals surface area contributed by atoms with Crippen molar-refractivity contribution in [3.63, 3.8) is 0 Å². The first-order valence-corrected chi connectivity index (χ1v) is 8.84. The van der Waals surface area contributed by atoms with E-state index in [0.29, 0.717) is 0 Å². The summed E-state index contributed by atoms with van der Waals surface area (Å²) >= 11 is 0.729. The third-order valence-electron chi connectivity index (χ3n) is 3.36. The normalized spacial score (nSPS) is 12.0. The second-order valence-corrected chi connectivity index (χ2v) is 7.70. The van der Waals surface area contributed by atoms with Crippen LogP contribution in [0.5, 0.6) is 11.8 Å². The van der Waals surface area contributed by atoms with Crippen LogP contribution in [0.25, 0.3) is 0 Å². The monoisotopic (exact) mass is 419 g/mol. The largest absolute Gasteiger partial charge is 0.480 e. The molecule has 0 saturated carbocycles. The predicted octanol–water partition coefficient (Wildman–Crippen LogP) is 3.11. The van der Waals surface area contributed by atoms with Crippen LogP contribution in [-0.2, 0) is 12.7 Å². The van der Waals surface area contributed by atoms with E-state index in [9.17, 15) is 18.0 Å². The zero-order chi connectivity index (χ0) is 21.1. The van der Waals surface area contributed by atoms with Crippen molar-refractivity contribution in [2.75, 3.05) is 19.5 Å². The average Bonchev–Trinajstić information content (AvgIpc) is 3.01. The molecular formula is C16H20F3N5O3S. The summed E-state index contributed by atoms with van der Waals surface area (Å²) in [7, 11) is 2.58. The van der Waals surface area contributed by atoms with Gasteiger partial charge in [0.25, 0.3) is 5.91 Å². The van der Waals surface area contributed by atoms with Gasteiger partial charge in [-0.15, -0.1) is 0 Å². The highest BCUT2D eigenvalue weighted by Gasteiger charge is 2.38. The fourth-order valence-electron chi connectivity index (χ4n) is 2.11. The van der Waals surface area contributed by atoms with E-state index >= 15 is 0 Å². The molecule has 0 spiro atoms. The maximum absolute atomic E-state index is 13.3. The Hall–Kier alpha value is -2.47. The van der Waals surface area contributed by atoms with Gasteiger partial charge in [0.05, 0.1) is 19.1 Å². The number of hydrogen-bond donors (Lipinski definition) is 2. The minimum absolute atomic E-state index is 0.0408. The molecule has 1 amide bonds. The number of nitrogens with one attached hydrogen (secondary N) is 2. The highest BCUT2D eigenvalue weighted by molar-refractivity contribution is 7.15. The van der Waals surface area contributed by atoms with Crippen LogP contribution >= 0.6 is 11.3 Å². The van der Waals surface area contributed by atoms with Crippen molar-refractivity contribution in [2.24, 2.45) is 0 Å². The molecule has 2 aromatic heterocycles. The summed E-state index contributed by atoms with van der Waals surface area (Å²) < 4.78 is 50.0. The van der Waals surface area contributed by atoms with Gasteiger partial charge < -0.3 is 14.8 Å². The summed E-state index contributed by atoms with van der Waals surface area (Å²) in [5.41, 5.74) is -1.59. The molecule has 0 radical (unpaired) electrons. The topological polar surface area (TPSA) is 98.3 Å². The van der Waals surface area contributed by atoms with Gasteiger partial charge in [0.1, 0.15) is 6.33 Å². The van der Waals surface area contributed by atoms with Crippen molar-refractivity contribution < 1.29 is 27.4 Å². The SMILES string of the molecule is COc1ncnc(OC)c1C(=O)Nc1nc(C(F)(F)F)c(CNC(C)(C)C)s1. The number of carbonyl (C=O) groups is 1. The van der Waals surface area contributed by atoms with Gasteiger partial charge in [0.15, 0.2) is 16.4 Å². The summed E-state index contributed by atoms with van der Waals surface area (Å²) in [6.07, 6.45) is -3.52. The molecule has 12 heteroatoms. The lowest BCUT2D eigenvalue weighted by atomic mass is 10.1. The van der Waals surface area contributed by atoms with Crippen LogP contribution in [0.15, 0.2) is 6.33 Å². The van der Waals surface area contributed by atoms with E-state index in [1.807, 2.05) is 20.8 Å². The summed E-state index contributed by atoms with van der Waals surface area (Å²) in [5.74, 6) is -0.953. The predicted molar refractivity (Wildman–Crippen MR) is 96.8 cm³/mol. The highest BCUT2D eigenvalue weighted by Crippen LogP contribution is 2.37. The van der Waals surface area contributed by atoms with Gasteiger partial charge in [-0.2, -0.15) is 13.2 Å². The Bertz CT molecular complexity index is 827. The van der Waals surface area contributed by atoms with Crippen LogP contribution in [-0.4, -0.2) is 40.6 Å². The second-order valence-electron chi connectivity index (χ2n) is 6.61. The number of aromatic nitrogens is 3. The van der Waals surface area contributed by atoms with Crippen molar-refractivity contribution in [3.8, 4) is 11.8 Å². The fraction of sp³-hybridized carbons (Fsp3) is 0.500. The molecular weight excluding hydrogens is 399 g/mol. The van der Waals surface area contributed by atoms with E-state index in [1.54, 1.807) is 0 Å². The fourth-order valence-corrected chi connectivity index (χ4v) is 3.03. The maximum Gasteiger partial charge on any atom is 0.434 e. The molecule has 0 fully saturated rings. The Balaban J connectivity index is 2.34. The number of ether oxygens (including phenoxy) is 2. The maximum atomic E-state index is 13.3. The number of halogens is 3. The van der Waals surface area contributed by atoms with Gasteiger partial charge in [0.2, 0.25) is 11.8 Å². The summed E-state index contributed by atoms with van der Waals surface area (Å²) in [4.78, 5) is 23.7. The molecule has 0 aliphatic carbocycles. The number of thiazole rings is 1. The zero-order valence-electron chi connectivity index (χ0n) is 15.9. The molecule has 0 unspecified atom stereocenters. The standard InChI is InChI=1S/C16H20F3N5O3S/c1-15(2,3)22-6-8-10(16(17,18)19)23-14(28-8)24-11(25)9-12(26-4)20-7-21-13(9)27-5/h7,22H,6H2,1-5H3,(H,23,24,25). The number of nitrogens with zero attached hydrogens (tertiary/aromatic N) is 3. The summed E-state index contributed by atoms with van der Waals surface area (Å²) in [5, 5.41) is 5.11. The molecule has 2 N–H and O–H groups in total. The lowest BCUT2D eigenvalue weighted by Gasteiger charge is -2.20. The molecule has 2 heterocycles. The van der Waals surface area contributed by atoms with Gasteiger partial charge in [0, 0.05) is 12.1 Å². The molecule has 28 heavy (non-hydrogen) atoms. The second kappa shape index (κ2) is 8.27. The highest BCUT2D eigenvalue weighted by atomic mass is 32.1. The molecule has 2 rings (SSSR count).